The summed E-state index contributed by atoms with van der Waals surface area (Å²) in [4.78, 5) is 23.2. The average Bonchev–Trinajstić information content (AvgIpc) is 2.60. The van der Waals surface area contributed by atoms with E-state index in [0.717, 1.165) is 0 Å². The van der Waals surface area contributed by atoms with E-state index in [1.807, 2.05) is 0 Å². The molecule has 0 spiro atoms. The fourth-order valence-electron chi connectivity index (χ4n) is 2.57. The van der Waals surface area contributed by atoms with E-state index >= 15 is 0 Å². The number of esters is 1. The van der Waals surface area contributed by atoms with Crippen LogP contribution in [0.2, 0.25) is 0 Å². The molecule has 26 heavy (non-hydrogen) atoms. The summed E-state index contributed by atoms with van der Waals surface area (Å²) in [5.74, 6) is -0.703. The minimum Gasteiger partial charge on any atom is -0.482 e. The fourth-order valence-corrected chi connectivity index (χ4v) is 3.89. The SMILES string of the molecule is COC(=O)c1ccccc1NS(=O)(=O)c1cc2c(cc1C)NC(=O)CO2. The van der Waals surface area contributed by atoms with Crippen LogP contribution in [0.4, 0.5) is 11.4 Å². The molecule has 0 aliphatic carbocycles. The van der Waals surface area contributed by atoms with Crippen LogP contribution in [-0.4, -0.2) is 34.0 Å². The minimum absolute atomic E-state index is 0.0212. The van der Waals surface area contributed by atoms with Gasteiger partial charge in [0.25, 0.3) is 15.9 Å². The highest BCUT2D eigenvalue weighted by molar-refractivity contribution is 7.92. The van der Waals surface area contributed by atoms with Crippen molar-refractivity contribution in [3.8, 4) is 5.75 Å². The van der Waals surface area contributed by atoms with Crippen molar-refractivity contribution in [1.82, 2.24) is 0 Å². The van der Waals surface area contributed by atoms with Crippen molar-refractivity contribution in [3.63, 3.8) is 0 Å². The van der Waals surface area contributed by atoms with Crippen molar-refractivity contribution in [1.29, 1.82) is 0 Å². The van der Waals surface area contributed by atoms with Crippen LogP contribution in [0, 0.1) is 6.92 Å². The largest absolute Gasteiger partial charge is 0.482 e. The number of methoxy groups -OCH3 is 1. The second-order valence-electron chi connectivity index (χ2n) is 5.59. The van der Waals surface area contributed by atoms with Gasteiger partial charge in [0.05, 0.1) is 28.9 Å². The van der Waals surface area contributed by atoms with E-state index in [1.54, 1.807) is 19.1 Å². The molecule has 0 aromatic heterocycles. The van der Waals surface area contributed by atoms with E-state index in [-0.39, 0.29) is 34.4 Å². The van der Waals surface area contributed by atoms with Crippen molar-refractivity contribution in [3.05, 3.63) is 47.5 Å². The monoisotopic (exact) mass is 376 g/mol. The number of aryl methyl sites for hydroxylation is 1. The van der Waals surface area contributed by atoms with Gasteiger partial charge in [-0.15, -0.1) is 0 Å². The number of amides is 1. The number of ether oxygens (including phenoxy) is 2. The standard InChI is InChI=1S/C17H16N2O6S/c1-10-7-13-14(25-9-16(20)18-13)8-15(10)26(22,23)19-12-6-4-3-5-11(12)17(21)24-2/h3-8,19H,9H2,1-2H3,(H,18,20). The highest BCUT2D eigenvalue weighted by atomic mass is 32.2. The lowest BCUT2D eigenvalue weighted by Gasteiger charge is -2.20. The zero-order chi connectivity index (χ0) is 18.9. The lowest BCUT2D eigenvalue weighted by atomic mass is 10.2. The number of carbonyl (C=O) groups is 2. The summed E-state index contributed by atoms with van der Waals surface area (Å²) in [6.07, 6.45) is 0. The topological polar surface area (TPSA) is 111 Å². The number of para-hydroxylation sites is 1. The number of sulfonamides is 1. The predicted octanol–water partition coefficient (Wildman–Crippen LogP) is 1.91. The molecular weight excluding hydrogens is 360 g/mol. The second-order valence-corrected chi connectivity index (χ2v) is 7.24. The van der Waals surface area contributed by atoms with Gasteiger partial charge in [0.15, 0.2) is 6.61 Å². The van der Waals surface area contributed by atoms with Crippen LogP contribution >= 0.6 is 0 Å². The summed E-state index contributed by atoms with van der Waals surface area (Å²) < 4.78 is 38.0. The summed E-state index contributed by atoms with van der Waals surface area (Å²) >= 11 is 0. The lowest BCUT2D eigenvalue weighted by Crippen LogP contribution is -2.26. The molecule has 1 heterocycles. The third-order valence-electron chi connectivity index (χ3n) is 3.78. The van der Waals surface area contributed by atoms with E-state index in [1.165, 1.54) is 31.4 Å². The molecule has 0 bridgehead atoms. The normalized spacial score (nSPS) is 13.2. The summed E-state index contributed by atoms with van der Waals surface area (Å²) in [6, 6.07) is 8.99. The van der Waals surface area contributed by atoms with Crippen LogP contribution in [-0.2, 0) is 19.6 Å². The first-order valence-electron chi connectivity index (χ1n) is 7.59. The fraction of sp³-hybridized carbons (Fsp3) is 0.176. The van der Waals surface area contributed by atoms with Crippen molar-refractivity contribution in [2.24, 2.45) is 0 Å². The Labute approximate surface area is 150 Å². The number of rotatable bonds is 4. The van der Waals surface area contributed by atoms with Gasteiger partial charge in [0.2, 0.25) is 0 Å². The molecule has 3 rings (SSSR count). The Kier molecular flexibility index (Phi) is 4.56. The molecule has 0 atom stereocenters. The lowest BCUT2D eigenvalue weighted by molar-refractivity contribution is -0.118. The van der Waals surface area contributed by atoms with Gasteiger partial charge in [-0.3, -0.25) is 9.52 Å². The summed E-state index contributed by atoms with van der Waals surface area (Å²) in [5.41, 5.74) is 1.02. The van der Waals surface area contributed by atoms with Gasteiger partial charge in [0.1, 0.15) is 5.75 Å². The van der Waals surface area contributed by atoms with E-state index < -0.39 is 16.0 Å². The molecule has 136 valence electrons. The van der Waals surface area contributed by atoms with Gasteiger partial charge in [-0.1, -0.05) is 12.1 Å². The Morgan fingerprint density at radius 3 is 2.73 bits per heavy atom. The first-order chi connectivity index (χ1) is 12.3. The van der Waals surface area contributed by atoms with Crippen LogP contribution in [0.15, 0.2) is 41.3 Å². The summed E-state index contributed by atoms with van der Waals surface area (Å²) in [6.45, 7) is 1.41. The van der Waals surface area contributed by atoms with Gasteiger partial charge in [-0.25, -0.2) is 13.2 Å². The van der Waals surface area contributed by atoms with Gasteiger partial charge in [-0.2, -0.15) is 0 Å². The highest BCUT2D eigenvalue weighted by Crippen LogP contribution is 2.33. The predicted molar refractivity (Wildman–Crippen MR) is 93.9 cm³/mol. The van der Waals surface area contributed by atoms with E-state index in [9.17, 15) is 18.0 Å². The smallest absolute Gasteiger partial charge is 0.339 e. The summed E-state index contributed by atoms with van der Waals surface area (Å²) in [7, 11) is -2.79. The number of fused-ring (bicyclic) bond motifs is 1. The third-order valence-corrected chi connectivity index (χ3v) is 5.28. The van der Waals surface area contributed by atoms with E-state index in [0.29, 0.717) is 11.3 Å². The molecule has 2 aromatic carbocycles. The summed E-state index contributed by atoms with van der Waals surface area (Å²) in [5, 5.41) is 2.62. The number of benzene rings is 2. The molecule has 1 amide bonds. The van der Waals surface area contributed by atoms with Crippen LogP contribution in [0.25, 0.3) is 0 Å². The molecule has 0 saturated carbocycles. The first kappa shape index (κ1) is 17.7. The Hall–Kier alpha value is -3.07. The quantitative estimate of drug-likeness (QED) is 0.789. The Balaban J connectivity index is 2.00. The van der Waals surface area contributed by atoms with Crippen LogP contribution in [0.1, 0.15) is 15.9 Å². The highest BCUT2D eigenvalue weighted by Gasteiger charge is 2.25. The molecule has 0 fully saturated rings. The van der Waals surface area contributed by atoms with Crippen LogP contribution in [0.3, 0.4) is 0 Å². The van der Waals surface area contributed by atoms with Crippen LogP contribution in [0.5, 0.6) is 5.75 Å². The maximum absolute atomic E-state index is 12.8. The van der Waals surface area contributed by atoms with Gasteiger partial charge >= 0.3 is 5.97 Å². The maximum Gasteiger partial charge on any atom is 0.339 e. The molecule has 8 nitrogen and oxygen atoms in total. The molecule has 2 aromatic rings. The molecule has 0 unspecified atom stereocenters. The molecule has 0 saturated heterocycles. The van der Waals surface area contributed by atoms with E-state index in [4.69, 9.17) is 4.74 Å². The van der Waals surface area contributed by atoms with E-state index in [2.05, 4.69) is 14.8 Å². The second kappa shape index (κ2) is 6.68. The zero-order valence-electron chi connectivity index (χ0n) is 14.0. The van der Waals surface area contributed by atoms with Gasteiger partial charge in [0, 0.05) is 6.07 Å². The Morgan fingerprint density at radius 2 is 2.00 bits per heavy atom. The first-order valence-corrected chi connectivity index (χ1v) is 9.07. The average molecular weight is 376 g/mol. The molecule has 1 aliphatic heterocycles. The van der Waals surface area contributed by atoms with Crippen molar-refractivity contribution < 1.29 is 27.5 Å². The van der Waals surface area contributed by atoms with Crippen molar-refractivity contribution in [2.75, 3.05) is 23.8 Å². The third kappa shape index (κ3) is 3.33. The maximum atomic E-state index is 12.8. The zero-order valence-corrected chi connectivity index (χ0v) is 14.8. The number of anilines is 2. The van der Waals surface area contributed by atoms with Gasteiger partial charge in [-0.05, 0) is 30.7 Å². The molecule has 9 heteroatoms. The number of hydrogen-bond acceptors (Lipinski definition) is 6. The van der Waals surface area contributed by atoms with Crippen molar-refractivity contribution in [2.45, 2.75) is 11.8 Å². The number of hydrogen-bond donors (Lipinski definition) is 2. The van der Waals surface area contributed by atoms with Gasteiger partial charge < -0.3 is 14.8 Å². The minimum atomic E-state index is -4.01. The Bertz CT molecular complexity index is 1000. The number of carbonyl (C=O) groups excluding carboxylic acids is 2. The molecular formula is C17H16N2O6S. The molecule has 0 radical (unpaired) electrons. The molecule has 1 aliphatic rings. The molecule has 2 N–H and O–H groups in total. The van der Waals surface area contributed by atoms with Crippen molar-refractivity contribution >= 4 is 33.3 Å². The van der Waals surface area contributed by atoms with Crippen LogP contribution < -0.4 is 14.8 Å². The number of nitrogens with one attached hydrogen (secondary N) is 2. The Morgan fingerprint density at radius 1 is 1.27 bits per heavy atom.